The van der Waals surface area contributed by atoms with E-state index >= 15 is 0 Å². The number of hydrogen-bond acceptors (Lipinski definition) is 5. The standard InChI is InChI=1S/C22H26N4O2S/c1-15-12-19(16(2)26(15)13-18-10-7-11-28-18)20(27)14-29-22-24-23-21(25(22)3)17-8-5-4-6-9-17/h4-6,8-9,12,18H,7,10-11,13-14H2,1-3H3/t18-/m0/s1. The van der Waals surface area contributed by atoms with E-state index in [0.717, 1.165) is 59.5 Å². The van der Waals surface area contributed by atoms with Gasteiger partial charge in [-0.05, 0) is 32.8 Å². The van der Waals surface area contributed by atoms with Gasteiger partial charge >= 0.3 is 0 Å². The topological polar surface area (TPSA) is 61.9 Å². The Hall–Kier alpha value is -2.38. The zero-order valence-corrected chi connectivity index (χ0v) is 17.9. The van der Waals surface area contributed by atoms with Crippen LogP contribution in [-0.2, 0) is 18.3 Å². The van der Waals surface area contributed by atoms with Crippen LogP contribution < -0.4 is 0 Å². The third kappa shape index (κ3) is 4.16. The third-order valence-corrected chi connectivity index (χ3v) is 6.50. The third-order valence-electron chi connectivity index (χ3n) is 5.48. The molecule has 1 aliphatic heterocycles. The van der Waals surface area contributed by atoms with Gasteiger partial charge in [-0.25, -0.2) is 0 Å². The number of aromatic nitrogens is 4. The lowest BCUT2D eigenvalue weighted by Gasteiger charge is -2.14. The first-order chi connectivity index (χ1) is 14.0. The van der Waals surface area contributed by atoms with Crippen LogP contribution in [0, 0.1) is 13.8 Å². The monoisotopic (exact) mass is 410 g/mol. The number of ketones is 1. The van der Waals surface area contributed by atoms with Gasteiger partial charge < -0.3 is 13.9 Å². The predicted octanol–water partition coefficient (Wildman–Crippen LogP) is 4.05. The van der Waals surface area contributed by atoms with Crippen LogP contribution in [0.25, 0.3) is 11.4 Å². The van der Waals surface area contributed by atoms with Crippen molar-refractivity contribution >= 4 is 17.5 Å². The van der Waals surface area contributed by atoms with Crippen LogP contribution >= 0.6 is 11.8 Å². The molecule has 0 N–H and O–H groups in total. The molecule has 6 nitrogen and oxygen atoms in total. The summed E-state index contributed by atoms with van der Waals surface area (Å²) in [4.78, 5) is 12.9. The summed E-state index contributed by atoms with van der Waals surface area (Å²) in [6, 6.07) is 11.9. The van der Waals surface area contributed by atoms with E-state index in [1.165, 1.54) is 11.8 Å². The van der Waals surface area contributed by atoms with E-state index in [2.05, 4.69) is 21.7 Å². The summed E-state index contributed by atoms with van der Waals surface area (Å²) >= 11 is 1.43. The first-order valence-electron chi connectivity index (χ1n) is 9.93. The maximum Gasteiger partial charge on any atom is 0.191 e. The molecule has 3 aromatic rings. The van der Waals surface area contributed by atoms with E-state index < -0.39 is 0 Å². The molecule has 3 heterocycles. The molecule has 0 unspecified atom stereocenters. The fraction of sp³-hybridized carbons (Fsp3) is 0.409. The molecule has 1 aromatic carbocycles. The zero-order valence-electron chi connectivity index (χ0n) is 17.1. The van der Waals surface area contributed by atoms with Crippen molar-refractivity contribution in [2.24, 2.45) is 7.05 Å². The van der Waals surface area contributed by atoms with Gasteiger partial charge in [0.1, 0.15) is 0 Å². The number of hydrogen-bond donors (Lipinski definition) is 0. The predicted molar refractivity (Wildman–Crippen MR) is 114 cm³/mol. The van der Waals surface area contributed by atoms with Crippen molar-refractivity contribution in [3.63, 3.8) is 0 Å². The molecule has 29 heavy (non-hydrogen) atoms. The molecule has 1 atom stereocenters. The lowest BCUT2D eigenvalue weighted by Crippen LogP contribution is -2.17. The van der Waals surface area contributed by atoms with Crippen molar-refractivity contribution in [2.75, 3.05) is 12.4 Å². The SMILES string of the molecule is Cc1cc(C(=O)CSc2nnc(-c3ccccc3)n2C)c(C)n1C[C@@H]1CCCO1. The summed E-state index contributed by atoms with van der Waals surface area (Å²) in [5, 5.41) is 9.31. The second kappa shape index (κ2) is 8.55. The number of nitrogens with zero attached hydrogens (tertiary/aromatic N) is 4. The number of carbonyl (C=O) groups excluding carboxylic acids is 1. The van der Waals surface area contributed by atoms with Gasteiger partial charge in [0, 0.05) is 42.7 Å². The average molecular weight is 411 g/mol. The highest BCUT2D eigenvalue weighted by molar-refractivity contribution is 7.99. The fourth-order valence-electron chi connectivity index (χ4n) is 3.84. The van der Waals surface area contributed by atoms with Gasteiger partial charge in [0.25, 0.3) is 0 Å². The molecule has 0 aliphatic carbocycles. The molecule has 0 saturated carbocycles. The molecule has 4 rings (SSSR count). The van der Waals surface area contributed by atoms with Gasteiger partial charge in [-0.1, -0.05) is 42.1 Å². The van der Waals surface area contributed by atoms with Crippen LogP contribution in [-0.4, -0.2) is 43.6 Å². The molecule has 0 amide bonds. The molecule has 0 bridgehead atoms. The summed E-state index contributed by atoms with van der Waals surface area (Å²) in [5.41, 5.74) is 3.93. The van der Waals surface area contributed by atoms with E-state index in [4.69, 9.17) is 4.74 Å². The lowest BCUT2D eigenvalue weighted by atomic mass is 10.2. The number of aryl methyl sites for hydroxylation is 1. The van der Waals surface area contributed by atoms with Crippen LogP contribution in [0.1, 0.15) is 34.6 Å². The first kappa shape index (κ1) is 19.9. The Bertz CT molecular complexity index is 1000. The Kier molecular flexibility index (Phi) is 5.87. The number of thioether (sulfide) groups is 1. The molecule has 1 fully saturated rings. The second-order valence-corrected chi connectivity index (χ2v) is 8.42. The normalized spacial score (nSPS) is 16.4. The summed E-state index contributed by atoms with van der Waals surface area (Å²) in [6.07, 6.45) is 2.47. The quantitative estimate of drug-likeness (QED) is 0.434. The number of rotatable bonds is 7. The molecule has 1 saturated heterocycles. The van der Waals surface area contributed by atoms with Gasteiger partial charge in [-0.15, -0.1) is 10.2 Å². The van der Waals surface area contributed by atoms with Crippen LogP contribution in [0.5, 0.6) is 0 Å². The molecule has 7 heteroatoms. The van der Waals surface area contributed by atoms with E-state index in [-0.39, 0.29) is 11.9 Å². The van der Waals surface area contributed by atoms with Crippen LogP contribution in [0.2, 0.25) is 0 Å². The van der Waals surface area contributed by atoms with E-state index in [1.807, 2.05) is 54.9 Å². The molecular weight excluding hydrogens is 384 g/mol. The molecule has 152 valence electrons. The van der Waals surface area contributed by atoms with Gasteiger partial charge in [-0.3, -0.25) is 4.79 Å². The highest BCUT2D eigenvalue weighted by atomic mass is 32.2. The van der Waals surface area contributed by atoms with Crippen molar-refractivity contribution in [3.8, 4) is 11.4 Å². The Morgan fingerprint density at radius 2 is 2.03 bits per heavy atom. The van der Waals surface area contributed by atoms with Gasteiger partial charge in [0.2, 0.25) is 0 Å². The van der Waals surface area contributed by atoms with Crippen molar-refractivity contribution in [2.45, 2.75) is 44.5 Å². The van der Waals surface area contributed by atoms with Gasteiger partial charge in [-0.2, -0.15) is 0 Å². The minimum Gasteiger partial charge on any atom is -0.376 e. The first-order valence-corrected chi connectivity index (χ1v) is 10.9. The highest BCUT2D eigenvalue weighted by Crippen LogP contribution is 2.25. The number of carbonyl (C=O) groups is 1. The molecule has 2 aromatic heterocycles. The summed E-state index contributed by atoms with van der Waals surface area (Å²) < 4.78 is 9.92. The molecule has 1 aliphatic rings. The highest BCUT2D eigenvalue weighted by Gasteiger charge is 2.21. The van der Waals surface area contributed by atoms with Crippen molar-refractivity contribution in [1.82, 2.24) is 19.3 Å². The maximum absolute atomic E-state index is 12.9. The minimum absolute atomic E-state index is 0.117. The largest absolute Gasteiger partial charge is 0.376 e. The average Bonchev–Trinajstić information content (AvgIpc) is 3.44. The maximum atomic E-state index is 12.9. The van der Waals surface area contributed by atoms with E-state index in [9.17, 15) is 4.79 Å². The zero-order chi connectivity index (χ0) is 20.4. The summed E-state index contributed by atoms with van der Waals surface area (Å²) in [7, 11) is 1.93. The van der Waals surface area contributed by atoms with Crippen molar-refractivity contribution < 1.29 is 9.53 Å². The Balaban J connectivity index is 1.45. The van der Waals surface area contributed by atoms with Gasteiger partial charge in [0.15, 0.2) is 16.8 Å². The molecular formula is C22H26N4O2S. The van der Waals surface area contributed by atoms with Gasteiger partial charge in [0.05, 0.1) is 11.9 Å². The minimum atomic E-state index is 0.117. The Labute approximate surface area is 175 Å². The van der Waals surface area contributed by atoms with E-state index in [0.29, 0.717) is 5.75 Å². The summed E-state index contributed by atoms with van der Waals surface area (Å²) in [5.74, 6) is 1.26. The van der Waals surface area contributed by atoms with Crippen LogP contribution in [0.4, 0.5) is 0 Å². The number of Topliss-reactive ketones (excluding diaryl/α,β-unsaturated/α-hetero) is 1. The van der Waals surface area contributed by atoms with Crippen molar-refractivity contribution in [3.05, 3.63) is 53.3 Å². The smallest absolute Gasteiger partial charge is 0.191 e. The lowest BCUT2D eigenvalue weighted by molar-refractivity contribution is 0.0957. The second-order valence-electron chi connectivity index (χ2n) is 7.47. The Morgan fingerprint density at radius 1 is 1.24 bits per heavy atom. The Morgan fingerprint density at radius 3 is 2.76 bits per heavy atom. The molecule has 0 spiro atoms. The summed E-state index contributed by atoms with van der Waals surface area (Å²) in [6.45, 7) is 5.74. The van der Waals surface area contributed by atoms with Crippen LogP contribution in [0.15, 0.2) is 41.6 Å². The molecule has 0 radical (unpaired) electrons. The van der Waals surface area contributed by atoms with E-state index in [1.54, 1.807) is 0 Å². The van der Waals surface area contributed by atoms with Crippen molar-refractivity contribution in [1.29, 1.82) is 0 Å². The fourth-order valence-corrected chi connectivity index (χ4v) is 4.64. The van der Waals surface area contributed by atoms with Crippen LogP contribution in [0.3, 0.4) is 0 Å². The number of ether oxygens (including phenoxy) is 1. The number of benzene rings is 1.